The average molecular weight is 147 g/mol. The molecule has 1 heterocycles. The van der Waals surface area contributed by atoms with Gasteiger partial charge in [0.1, 0.15) is 0 Å². The summed E-state index contributed by atoms with van der Waals surface area (Å²) in [6.45, 7) is 0.827. The van der Waals surface area contributed by atoms with E-state index in [1.54, 1.807) is 0 Å². The Morgan fingerprint density at radius 2 is 2.20 bits per heavy atom. The molecule has 0 amide bonds. The van der Waals surface area contributed by atoms with Gasteiger partial charge in [-0.25, -0.2) is 0 Å². The first-order valence-corrected chi connectivity index (χ1v) is 3.43. The third-order valence-electron chi connectivity index (χ3n) is 1.91. The second-order valence-corrected chi connectivity index (χ2v) is 2.64. The normalized spacial score (nSPS) is 36.3. The molecule has 0 unspecified atom stereocenters. The zero-order valence-electron chi connectivity index (χ0n) is 5.70. The van der Waals surface area contributed by atoms with Crippen molar-refractivity contribution >= 4 is 0 Å². The molecule has 1 saturated heterocycles. The highest BCUT2D eigenvalue weighted by Crippen LogP contribution is 2.12. The first-order chi connectivity index (χ1) is 4.75. The van der Waals surface area contributed by atoms with Crippen LogP contribution in [0.5, 0.6) is 0 Å². The van der Waals surface area contributed by atoms with Crippen LogP contribution < -0.4 is 5.32 Å². The van der Waals surface area contributed by atoms with Crippen LogP contribution >= 0.6 is 0 Å². The van der Waals surface area contributed by atoms with Gasteiger partial charge in [0.05, 0.1) is 18.8 Å². The number of hydrogen-bond acceptors (Lipinski definition) is 4. The molecule has 60 valence electrons. The quantitative estimate of drug-likeness (QED) is 0.362. The molecule has 0 bridgehead atoms. The topological polar surface area (TPSA) is 72.7 Å². The Morgan fingerprint density at radius 3 is 2.60 bits per heavy atom. The fourth-order valence-electron chi connectivity index (χ4n) is 1.21. The Bertz CT molecular complexity index is 109. The highest BCUT2D eigenvalue weighted by molar-refractivity contribution is 4.84. The lowest BCUT2D eigenvalue weighted by atomic mass is 10.0. The molecule has 1 aliphatic heterocycles. The van der Waals surface area contributed by atoms with Gasteiger partial charge in [-0.1, -0.05) is 0 Å². The van der Waals surface area contributed by atoms with Crippen LogP contribution in [0.1, 0.15) is 0 Å². The standard InChI is InChI=1S/C6H13NO3/c8-3-6(10)4-1-7-2-5(4)9/h4-10H,1-3H2/t4-,5-,6+/m1/s1. The van der Waals surface area contributed by atoms with Gasteiger partial charge in [-0.3, -0.25) is 0 Å². The number of rotatable bonds is 2. The molecule has 3 atom stereocenters. The third-order valence-corrected chi connectivity index (χ3v) is 1.91. The van der Waals surface area contributed by atoms with E-state index in [-0.39, 0.29) is 12.5 Å². The Balaban J connectivity index is 2.38. The summed E-state index contributed by atoms with van der Waals surface area (Å²) in [5, 5.41) is 29.7. The van der Waals surface area contributed by atoms with Crippen LogP contribution in [0, 0.1) is 5.92 Å². The SMILES string of the molecule is OC[C@H](O)[C@@H]1CNC[C@H]1O. The van der Waals surface area contributed by atoms with E-state index in [0.29, 0.717) is 13.1 Å². The van der Waals surface area contributed by atoms with E-state index in [2.05, 4.69) is 5.32 Å². The van der Waals surface area contributed by atoms with E-state index in [9.17, 15) is 0 Å². The minimum atomic E-state index is -0.787. The van der Waals surface area contributed by atoms with Gasteiger partial charge in [-0.2, -0.15) is 0 Å². The lowest BCUT2D eigenvalue weighted by molar-refractivity contribution is 0.00704. The van der Waals surface area contributed by atoms with Gasteiger partial charge in [0.25, 0.3) is 0 Å². The summed E-state index contributed by atoms with van der Waals surface area (Å²) in [7, 11) is 0. The van der Waals surface area contributed by atoms with Crippen molar-refractivity contribution in [3.63, 3.8) is 0 Å². The maximum atomic E-state index is 9.16. The Kier molecular flexibility index (Phi) is 2.62. The van der Waals surface area contributed by atoms with Crippen molar-refractivity contribution in [1.82, 2.24) is 5.32 Å². The van der Waals surface area contributed by atoms with Gasteiger partial charge in [0, 0.05) is 19.0 Å². The highest BCUT2D eigenvalue weighted by Gasteiger charge is 2.30. The van der Waals surface area contributed by atoms with Crippen LogP contribution in [0.25, 0.3) is 0 Å². The Morgan fingerprint density at radius 1 is 1.50 bits per heavy atom. The minimum Gasteiger partial charge on any atom is -0.394 e. The molecule has 4 nitrogen and oxygen atoms in total. The molecule has 1 aliphatic rings. The van der Waals surface area contributed by atoms with Gasteiger partial charge in [0.2, 0.25) is 0 Å². The van der Waals surface area contributed by atoms with Crippen LogP contribution in [0.4, 0.5) is 0 Å². The molecule has 10 heavy (non-hydrogen) atoms. The van der Waals surface area contributed by atoms with Gasteiger partial charge in [-0.05, 0) is 0 Å². The lowest BCUT2D eigenvalue weighted by Crippen LogP contribution is -2.32. The molecular formula is C6H13NO3. The Labute approximate surface area is 59.5 Å². The Hall–Kier alpha value is -0.160. The average Bonchev–Trinajstić information content (AvgIpc) is 2.34. The fraction of sp³-hybridized carbons (Fsp3) is 1.00. The van der Waals surface area contributed by atoms with Crippen LogP contribution in [0.15, 0.2) is 0 Å². The second kappa shape index (κ2) is 3.30. The molecule has 4 N–H and O–H groups in total. The molecule has 0 radical (unpaired) electrons. The molecule has 0 spiro atoms. The number of β-amino-alcohol motifs (C(OH)–C–C–N with tert-alkyl or cyclic N) is 1. The lowest BCUT2D eigenvalue weighted by Gasteiger charge is -2.17. The summed E-state index contributed by atoms with van der Waals surface area (Å²) in [6.07, 6.45) is -1.30. The van der Waals surface area contributed by atoms with Crippen molar-refractivity contribution in [3.8, 4) is 0 Å². The monoisotopic (exact) mass is 147 g/mol. The van der Waals surface area contributed by atoms with Crippen molar-refractivity contribution in [2.24, 2.45) is 5.92 Å². The van der Waals surface area contributed by atoms with E-state index in [0.717, 1.165) is 0 Å². The van der Waals surface area contributed by atoms with Crippen molar-refractivity contribution in [2.45, 2.75) is 12.2 Å². The van der Waals surface area contributed by atoms with E-state index >= 15 is 0 Å². The molecule has 0 aromatic rings. The summed E-state index contributed by atoms with van der Waals surface area (Å²) in [5.41, 5.74) is 0. The van der Waals surface area contributed by atoms with E-state index in [4.69, 9.17) is 15.3 Å². The number of aliphatic hydroxyl groups excluding tert-OH is 3. The van der Waals surface area contributed by atoms with Gasteiger partial charge >= 0.3 is 0 Å². The van der Waals surface area contributed by atoms with Crippen molar-refractivity contribution in [2.75, 3.05) is 19.7 Å². The van der Waals surface area contributed by atoms with E-state index in [1.807, 2.05) is 0 Å². The molecule has 0 aromatic heterocycles. The fourth-order valence-corrected chi connectivity index (χ4v) is 1.21. The van der Waals surface area contributed by atoms with Crippen LogP contribution in [0.3, 0.4) is 0 Å². The molecule has 1 fully saturated rings. The van der Waals surface area contributed by atoms with Crippen LogP contribution in [0.2, 0.25) is 0 Å². The minimum absolute atomic E-state index is 0.204. The molecule has 4 heteroatoms. The maximum absolute atomic E-state index is 9.16. The summed E-state index contributed by atoms with van der Waals surface area (Å²) < 4.78 is 0. The van der Waals surface area contributed by atoms with Gasteiger partial charge in [0.15, 0.2) is 0 Å². The number of aliphatic hydroxyl groups is 3. The van der Waals surface area contributed by atoms with Crippen molar-refractivity contribution in [3.05, 3.63) is 0 Å². The predicted octanol–water partition coefficient (Wildman–Crippen LogP) is -2.08. The zero-order chi connectivity index (χ0) is 7.56. The van der Waals surface area contributed by atoms with E-state index in [1.165, 1.54) is 0 Å². The largest absolute Gasteiger partial charge is 0.394 e. The number of hydrogen-bond donors (Lipinski definition) is 4. The molecule has 0 aromatic carbocycles. The van der Waals surface area contributed by atoms with Crippen LogP contribution in [-0.2, 0) is 0 Å². The van der Waals surface area contributed by atoms with Crippen molar-refractivity contribution in [1.29, 1.82) is 0 Å². The zero-order valence-corrected chi connectivity index (χ0v) is 5.70. The maximum Gasteiger partial charge on any atom is 0.0836 e. The summed E-state index contributed by atoms with van der Waals surface area (Å²) >= 11 is 0. The van der Waals surface area contributed by atoms with Gasteiger partial charge < -0.3 is 20.6 Å². The molecular weight excluding hydrogens is 134 g/mol. The highest BCUT2D eigenvalue weighted by atomic mass is 16.3. The third kappa shape index (κ3) is 1.46. The first kappa shape index (κ1) is 7.94. The van der Waals surface area contributed by atoms with Crippen molar-refractivity contribution < 1.29 is 15.3 Å². The summed E-state index contributed by atoms with van der Waals surface area (Å²) in [6, 6.07) is 0. The molecule has 1 rings (SSSR count). The molecule has 0 aliphatic carbocycles. The van der Waals surface area contributed by atoms with Crippen LogP contribution in [-0.4, -0.2) is 47.2 Å². The first-order valence-electron chi connectivity index (χ1n) is 3.43. The smallest absolute Gasteiger partial charge is 0.0836 e. The molecule has 0 saturated carbocycles. The predicted molar refractivity (Wildman–Crippen MR) is 35.5 cm³/mol. The summed E-state index contributed by atoms with van der Waals surface area (Å²) in [5.74, 6) is -0.204. The van der Waals surface area contributed by atoms with E-state index < -0.39 is 12.2 Å². The summed E-state index contributed by atoms with van der Waals surface area (Å²) in [4.78, 5) is 0. The second-order valence-electron chi connectivity index (χ2n) is 2.64. The number of nitrogens with one attached hydrogen (secondary N) is 1. The van der Waals surface area contributed by atoms with Gasteiger partial charge in [-0.15, -0.1) is 0 Å².